The molecule has 3 rings (SSSR count). The number of phenols is 1. The van der Waals surface area contributed by atoms with Gasteiger partial charge in [0, 0.05) is 28.8 Å². The Morgan fingerprint density at radius 1 is 1.00 bits per heavy atom. The minimum Gasteiger partial charge on any atom is -0.508 e. The molecule has 38 heavy (non-hydrogen) atoms. The van der Waals surface area contributed by atoms with Gasteiger partial charge in [0.05, 0.1) is 13.2 Å². The molecule has 1 N–H and O–H groups in total. The van der Waals surface area contributed by atoms with E-state index in [2.05, 4.69) is 23.8 Å². The predicted octanol–water partition coefficient (Wildman–Crippen LogP) is 5.62. The van der Waals surface area contributed by atoms with Gasteiger partial charge in [-0.15, -0.1) is 0 Å². The molecule has 0 saturated carbocycles. The van der Waals surface area contributed by atoms with Crippen LogP contribution in [0.25, 0.3) is 11.4 Å². The van der Waals surface area contributed by atoms with E-state index in [1.165, 1.54) is 0 Å². The van der Waals surface area contributed by atoms with Crippen LogP contribution in [0.4, 0.5) is 0 Å². The highest BCUT2D eigenvalue weighted by atomic mass is 28.2. The first kappa shape index (κ1) is 29.6. The molecule has 4 radical (unpaired) electrons. The monoisotopic (exact) mass is 552 g/mol. The van der Waals surface area contributed by atoms with Crippen LogP contribution in [0, 0.1) is 12.3 Å². The summed E-state index contributed by atoms with van der Waals surface area (Å²) in [5.41, 5.74) is 2.17. The number of hydrogen-bond acceptors (Lipinski definition) is 8. The van der Waals surface area contributed by atoms with Crippen LogP contribution in [-0.2, 0) is 15.5 Å². The third-order valence-corrected chi connectivity index (χ3v) is 6.75. The van der Waals surface area contributed by atoms with Crippen LogP contribution in [0.3, 0.4) is 0 Å². The molecule has 1 heterocycles. The van der Waals surface area contributed by atoms with E-state index in [-0.39, 0.29) is 23.6 Å². The van der Waals surface area contributed by atoms with Crippen molar-refractivity contribution in [3.05, 3.63) is 59.8 Å². The van der Waals surface area contributed by atoms with E-state index >= 15 is 0 Å². The van der Waals surface area contributed by atoms with Crippen molar-refractivity contribution in [2.75, 3.05) is 7.11 Å². The average molecular weight is 553 g/mol. The Kier molecular flexibility index (Phi) is 10.7. The van der Waals surface area contributed by atoms with Gasteiger partial charge in [-0.2, -0.15) is 4.98 Å². The highest BCUT2D eigenvalue weighted by Crippen LogP contribution is 2.34. The fourth-order valence-corrected chi connectivity index (χ4v) is 5.29. The molecule has 0 aliphatic carbocycles. The first-order valence-corrected chi connectivity index (χ1v) is 15.2. The molecule has 10 heteroatoms. The van der Waals surface area contributed by atoms with Gasteiger partial charge in [0.1, 0.15) is 30.1 Å². The van der Waals surface area contributed by atoms with Crippen LogP contribution in [0.2, 0.25) is 13.1 Å². The van der Waals surface area contributed by atoms with Gasteiger partial charge in [0.2, 0.25) is 25.4 Å². The number of nitrogens with zero attached hydrogens (tertiary/aromatic N) is 2. The standard InChI is InChI=1S/C28H36N2O6Si2/c1-18-16-29-25(30-26(18)33-17-20-8-10-23(32-5)11-9-20)21-12-22(31)14-24(13-21)34-19(2)15-28(3,4)27(35-37-6)36-38-7/h8-14,16,19,27,31H,15,17H2,1-7H3. The molecule has 3 aromatic rings. The Morgan fingerprint density at radius 2 is 1.68 bits per heavy atom. The molecule has 0 bridgehead atoms. The second-order valence-electron chi connectivity index (χ2n) is 9.63. The number of rotatable bonds is 14. The zero-order valence-corrected chi connectivity index (χ0v) is 25.1. The smallest absolute Gasteiger partial charge is 0.229 e. The number of ether oxygens (including phenoxy) is 3. The second kappa shape index (κ2) is 13.7. The summed E-state index contributed by atoms with van der Waals surface area (Å²) in [6, 6.07) is 12.7. The van der Waals surface area contributed by atoms with Crippen molar-refractivity contribution in [1.82, 2.24) is 9.97 Å². The van der Waals surface area contributed by atoms with E-state index in [0.717, 1.165) is 16.9 Å². The lowest BCUT2D eigenvalue weighted by Gasteiger charge is -2.35. The third kappa shape index (κ3) is 8.29. The maximum Gasteiger partial charge on any atom is 0.229 e. The average Bonchev–Trinajstić information content (AvgIpc) is 2.87. The quantitative estimate of drug-likeness (QED) is 0.203. The summed E-state index contributed by atoms with van der Waals surface area (Å²) in [4.78, 5) is 9.09. The largest absolute Gasteiger partial charge is 0.508 e. The molecule has 1 atom stereocenters. The van der Waals surface area contributed by atoms with E-state index in [0.29, 0.717) is 55.6 Å². The third-order valence-electron chi connectivity index (χ3n) is 5.85. The first-order chi connectivity index (χ1) is 18.1. The highest BCUT2D eigenvalue weighted by Gasteiger charge is 2.33. The van der Waals surface area contributed by atoms with Gasteiger partial charge in [-0.3, -0.25) is 0 Å². The molecule has 2 aromatic carbocycles. The van der Waals surface area contributed by atoms with E-state index in [9.17, 15) is 5.11 Å². The summed E-state index contributed by atoms with van der Waals surface area (Å²) in [6.07, 6.45) is 1.95. The maximum absolute atomic E-state index is 10.4. The first-order valence-electron chi connectivity index (χ1n) is 12.4. The molecule has 0 amide bonds. The lowest BCUT2D eigenvalue weighted by Crippen LogP contribution is -2.39. The fraction of sp³-hybridized carbons (Fsp3) is 0.429. The van der Waals surface area contributed by atoms with Gasteiger partial charge in [0.15, 0.2) is 5.82 Å². The minimum atomic E-state index is -0.308. The Hall–Kier alpha value is -2.93. The maximum atomic E-state index is 10.4. The molecule has 1 aromatic heterocycles. The molecule has 0 spiro atoms. The van der Waals surface area contributed by atoms with Gasteiger partial charge < -0.3 is 28.2 Å². The lowest BCUT2D eigenvalue weighted by atomic mass is 9.86. The Morgan fingerprint density at radius 3 is 2.32 bits per heavy atom. The number of aromatic hydroxyl groups is 1. The number of aromatic nitrogens is 2. The Balaban J connectivity index is 1.74. The molecule has 1 unspecified atom stereocenters. The molecular weight excluding hydrogens is 516 g/mol. The van der Waals surface area contributed by atoms with Crippen molar-refractivity contribution in [3.63, 3.8) is 0 Å². The van der Waals surface area contributed by atoms with Crippen molar-refractivity contribution in [3.8, 4) is 34.5 Å². The van der Waals surface area contributed by atoms with Crippen LogP contribution in [0.1, 0.15) is 38.3 Å². The Bertz CT molecular complexity index is 1170. The van der Waals surface area contributed by atoms with Gasteiger partial charge in [-0.25, -0.2) is 4.98 Å². The number of aryl methyl sites for hydroxylation is 1. The van der Waals surface area contributed by atoms with Crippen LogP contribution in [0.5, 0.6) is 23.1 Å². The molecule has 8 nitrogen and oxygen atoms in total. The SMILES string of the molecule is COc1ccc(COc2nc(-c3cc(O)cc(OC(C)CC(C)(C)C(O[Si]C)O[Si]C)c3)ncc2C)cc1. The number of benzene rings is 2. The lowest BCUT2D eigenvalue weighted by molar-refractivity contribution is -0.0916. The van der Waals surface area contributed by atoms with Crippen LogP contribution >= 0.6 is 0 Å². The van der Waals surface area contributed by atoms with E-state index in [1.807, 2.05) is 57.3 Å². The highest BCUT2D eigenvalue weighted by molar-refractivity contribution is 6.26. The molecular formula is C28H36N2O6Si2. The normalized spacial score (nSPS) is 12.4. The van der Waals surface area contributed by atoms with Crippen LogP contribution in [-0.4, -0.2) is 54.1 Å². The van der Waals surface area contributed by atoms with E-state index in [4.69, 9.17) is 23.1 Å². The van der Waals surface area contributed by atoms with Gasteiger partial charge in [0.25, 0.3) is 0 Å². The van der Waals surface area contributed by atoms with Gasteiger partial charge in [-0.05, 0) is 63.2 Å². The van der Waals surface area contributed by atoms with Gasteiger partial charge in [-0.1, -0.05) is 26.0 Å². The summed E-state index contributed by atoms with van der Waals surface area (Å²) < 4.78 is 29.1. The minimum absolute atomic E-state index is 0.0674. The zero-order chi connectivity index (χ0) is 27.7. The number of methoxy groups -OCH3 is 1. The summed E-state index contributed by atoms with van der Waals surface area (Å²) in [7, 11) is 2.31. The predicted molar refractivity (Wildman–Crippen MR) is 149 cm³/mol. The Labute approximate surface area is 230 Å². The van der Waals surface area contributed by atoms with E-state index in [1.54, 1.807) is 25.4 Å². The van der Waals surface area contributed by atoms with E-state index < -0.39 is 0 Å². The summed E-state index contributed by atoms with van der Waals surface area (Å²) in [6.45, 7) is 12.4. The van der Waals surface area contributed by atoms with Crippen molar-refractivity contribution < 1.29 is 28.2 Å². The summed E-state index contributed by atoms with van der Waals surface area (Å²) in [5.74, 6) is 2.30. The van der Waals surface area contributed by atoms with Gasteiger partial charge >= 0.3 is 0 Å². The zero-order valence-electron chi connectivity index (χ0n) is 23.1. The van der Waals surface area contributed by atoms with Crippen LogP contribution in [0.15, 0.2) is 48.7 Å². The summed E-state index contributed by atoms with van der Waals surface area (Å²) >= 11 is 0. The molecule has 0 aliphatic heterocycles. The summed E-state index contributed by atoms with van der Waals surface area (Å²) in [5, 5.41) is 10.4. The van der Waals surface area contributed by atoms with Crippen molar-refractivity contribution >= 4 is 19.5 Å². The van der Waals surface area contributed by atoms with Crippen molar-refractivity contribution in [2.24, 2.45) is 5.41 Å². The molecule has 0 fully saturated rings. The van der Waals surface area contributed by atoms with Crippen LogP contribution < -0.4 is 14.2 Å². The molecule has 202 valence electrons. The topological polar surface area (TPSA) is 92.2 Å². The fourth-order valence-electron chi connectivity index (χ4n) is 4.03. The number of hydrogen-bond donors (Lipinski definition) is 1. The van der Waals surface area contributed by atoms with Crippen molar-refractivity contribution in [2.45, 2.75) is 66.2 Å². The second-order valence-corrected chi connectivity index (χ2v) is 10.9. The van der Waals surface area contributed by atoms with Crippen molar-refractivity contribution in [1.29, 1.82) is 0 Å². The molecule has 0 saturated heterocycles. The number of phenolic OH excluding ortho intramolecular Hbond substituents is 1. The molecule has 0 aliphatic rings.